The molecule has 2 amide bonds. The summed E-state index contributed by atoms with van der Waals surface area (Å²) in [5.41, 5.74) is 7.49. The molecule has 1 fully saturated rings. The highest BCUT2D eigenvalue weighted by Crippen LogP contribution is 2.34. The first-order chi connectivity index (χ1) is 17.9. The number of likely N-dealkylation sites (tertiary alicyclic amines) is 1. The number of hydrogen-bond donors (Lipinski definition) is 2. The van der Waals surface area contributed by atoms with Crippen LogP contribution in [0.2, 0.25) is 0 Å². The van der Waals surface area contributed by atoms with Gasteiger partial charge in [-0.25, -0.2) is 4.68 Å². The topological polar surface area (TPSA) is 106 Å². The Bertz CT molecular complexity index is 1240. The highest BCUT2D eigenvalue weighted by Gasteiger charge is 2.30. The Morgan fingerprint density at radius 1 is 1.16 bits per heavy atom. The van der Waals surface area contributed by atoms with E-state index in [0.29, 0.717) is 42.5 Å². The zero-order valence-electron chi connectivity index (χ0n) is 21.4. The maximum Gasteiger partial charge on any atom is 0.254 e. The highest BCUT2D eigenvalue weighted by molar-refractivity contribution is 6.03. The number of nitrogens with one attached hydrogen (secondary N) is 1. The molecule has 9 heteroatoms. The number of ether oxygens (including phenoxy) is 1. The molecule has 4 rings (SSSR count). The van der Waals surface area contributed by atoms with E-state index in [-0.39, 0.29) is 11.9 Å². The van der Waals surface area contributed by atoms with Crippen molar-refractivity contribution in [3.63, 3.8) is 0 Å². The number of carbonyl (C=O) groups is 2. The Hall–Kier alpha value is -4.11. The van der Waals surface area contributed by atoms with Crippen molar-refractivity contribution in [2.24, 2.45) is 5.73 Å². The van der Waals surface area contributed by atoms with Gasteiger partial charge in [0.05, 0.1) is 6.04 Å². The van der Waals surface area contributed by atoms with Crippen molar-refractivity contribution in [2.45, 2.75) is 18.9 Å². The van der Waals surface area contributed by atoms with Gasteiger partial charge in [-0.1, -0.05) is 24.8 Å². The molecular weight excluding hydrogens is 468 g/mol. The highest BCUT2D eigenvalue weighted by atomic mass is 16.5. The fourth-order valence-electron chi connectivity index (χ4n) is 4.49. The molecule has 3 N–H and O–H groups in total. The summed E-state index contributed by atoms with van der Waals surface area (Å²) in [6.07, 6.45) is 2.99. The van der Waals surface area contributed by atoms with E-state index in [2.05, 4.69) is 16.8 Å². The quantitative estimate of drug-likeness (QED) is 0.409. The van der Waals surface area contributed by atoms with Gasteiger partial charge in [-0.05, 0) is 69.4 Å². The van der Waals surface area contributed by atoms with E-state index >= 15 is 0 Å². The van der Waals surface area contributed by atoms with Crippen LogP contribution in [-0.2, 0) is 4.79 Å². The van der Waals surface area contributed by atoms with E-state index in [1.807, 2.05) is 73.4 Å². The zero-order valence-corrected chi connectivity index (χ0v) is 21.4. The Balaban J connectivity index is 1.70. The maximum absolute atomic E-state index is 12.8. The minimum Gasteiger partial charge on any atom is -0.457 e. The Kier molecular flexibility index (Phi) is 8.25. The van der Waals surface area contributed by atoms with Crippen LogP contribution in [0.3, 0.4) is 0 Å². The molecule has 9 nitrogen and oxygen atoms in total. The van der Waals surface area contributed by atoms with E-state index in [4.69, 9.17) is 15.6 Å². The smallest absolute Gasteiger partial charge is 0.254 e. The van der Waals surface area contributed by atoms with Gasteiger partial charge in [0.2, 0.25) is 5.91 Å². The lowest BCUT2D eigenvalue weighted by Gasteiger charge is -2.33. The zero-order chi connectivity index (χ0) is 26.4. The normalized spacial score (nSPS) is 15.4. The van der Waals surface area contributed by atoms with Crippen molar-refractivity contribution in [3.8, 4) is 22.8 Å². The summed E-state index contributed by atoms with van der Waals surface area (Å²) >= 11 is 0. The summed E-state index contributed by atoms with van der Waals surface area (Å²) in [7, 11) is 3.97. The second-order valence-corrected chi connectivity index (χ2v) is 9.34. The number of benzene rings is 2. The van der Waals surface area contributed by atoms with E-state index in [9.17, 15) is 9.59 Å². The molecule has 0 aliphatic carbocycles. The molecule has 37 heavy (non-hydrogen) atoms. The van der Waals surface area contributed by atoms with Crippen LogP contribution in [0, 0.1) is 0 Å². The molecule has 0 saturated carbocycles. The SMILES string of the molecule is C=CC(=O)N1CCCC(n2nc(-c3ccc(Oc4ccccc4)cc3)c(C(N)=O)c2NCCN(C)C)C1. The van der Waals surface area contributed by atoms with Gasteiger partial charge in [-0.3, -0.25) is 9.59 Å². The standard InChI is InChI=1S/C28H34N6O3/c1-4-24(35)33-17-8-9-21(19-33)34-28(30-16-18-32(2)3)25(27(29)36)26(31-34)20-12-14-23(15-13-20)37-22-10-6-5-7-11-22/h4-7,10-15,21,30H,1,8-9,16-19H2,2-3H3,(H2,29,36). The third-order valence-corrected chi connectivity index (χ3v) is 6.34. The first-order valence-electron chi connectivity index (χ1n) is 12.4. The van der Waals surface area contributed by atoms with Gasteiger partial charge in [0.25, 0.3) is 5.91 Å². The molecule has 1 unspecified atom stereocenters. The molecule has 194 valence electrons. The summed E-state index contributed by atoms with van der Waals surface area (Å²) in [5.74, 6) is 1.31. The van der Waals surface area contributed by atoms with E-state index in [0.717, 1.165) is 30.7 Å². The fraction of sp³-hybridized carbons (Fsp3) is 0.321. The fourth-order valence-corrected chi connectivity index (χ4v) is 4.49. The second-order valence-electron chi connectivity index (χ2n) is 9.34. The molecule has 1 aromatic heterocycles. The minimum absolute atomic E-state index is 0.105. The van der Waals surface area contributed by atoms with Crippen LogP contribution in [0.25, 0.3) is 11.3 Å². The number of amides is 2. The number of piperidine rings is 1. The molecule has 0 spiro atoms. The van der Waals surface area contributed by atoms with Crippen LogP contribution >= 0.6 is 0 Å². The van der Waals surface area contributed by atoms with Crippen molar-refractivity contribution in [2.75, 3.05) is 45.6 Å². The molecule has 1 aliphatic heterocycles. The number of aromatic nitrogens is 2. The van der Waals surface area contributed by atoms with Crippen LogP contribution in [-0.4, -0.2) is 71.7 Å². The monoisotopic (exact) mass is 502 g/mol. The second kappa shape index (κ2) is 11.7. The summed E-state index contributed by atoms with van der Waals surface area (Å²) in [4.78, 5) is 28.9. The average Bonchev–Trinajstić information content (AvgIpc) is 3.29. The molecule has 3 aromatic rings. The van der Waals surface area contributed by atoms with E-state index in [1.165, 1.54) is 6.08 Å². The Morgan fingerprint density at radius 2 is 1.86 bits per heavy atom. The molecule has 0 bridgehead atoms. The lowest BCUT2D eigenvalue weighted by molar-refractivity contribution is -0.127. The molecule has 1 atom stereocenters. The largest absolute Gasteiger partial charge is 0.457 e. The van der Waals surface area contributed by atoms with Crippen LogP contribution in [0.15, 0.2) is 67.3 Å². The molecule has 0 radical (unpaired) electrons. The van der Waals surface area contributed by atoms with Gasteiger partial charge < -0.3 is 25.6 Å². The Morgan fingerprint density at radius 3 is 2.51 bits per heavy atom. The lowest BCUT2D eigenvalue weighted by atomic mass is 10.0. The Labute approximate surface area is 217 Å². The summed E-state index contributed by atoms with van der Waals surface area (Å²) in [6, 6.07) is 16.9. The summed E-state index contributed by atoms with van der Waals surface area (Å²) < 4.78 is 7.75. The van der Waals surface area contributed by atoms with Crippen molar-refractivity contribution in [3.05, 3.63) is 72.8 Å². The number of nitrogens with zero attached hydrogens (tertiary/aromatic N) is 4. The number of carbonyl (C=O) groups excluding carboxylic acids is 2. The number of rotatable bonds is 10. The van der Waals surface area contributed by atoms with Crippen LogP contribution in [0.1, 0.15) is 29.2 Å². The van der Waals surface area contributed by atoms with Gasteiger partial charge in [-0.2, -0.15) is 5.10 Å². The predicted octanol–water partition coefficient (Wildman–Crippen LogP) is 3.76. The summed E-state index contributed by atoms with van der Waals surface area (Å²) in [5, 5.41) is 8.29. The van der Waals surface area contributed by atoms with E-state index < -0.39 is 5.91 Å². The van der Waals surface area contributed by atoms with Crippen molar-refractivity contribution in [1.29, 1.82) is 0 Å². The van der Waals surface area contributed by atoms with Crippen LogP contribution in [0.4, 0.5) is 5.82 Å². The molecule has 2 heterocycles. The minimum atomic E-state index is -0.562. The van der Waals surface area contributed by atoms with Gasteiger partial charge in [0, 0.05) is 31.7 Å². The molecule has 1 aliphatic rings. The van der Waals surface area contributed by atoms with Crippen molar-refractivity contribution < 1.29 is 14.3 Å². The van der Waals surface area contributed by atoms with Crippen LogP contribution in [0.5, 0.6) is 11.5 Å². The maximum atomic E-state index is 12.8. The summed E-state index contributed by atoms with van der Waals surface area (Å²) in [6.45, 7) is 6.14. The number of anilines is 1. The van der Waals surface area contributed by atoms with Gasteiger partial charge >= 0.3 is 0 Å². The van der Waals surface area contributed by atoms with Gasteiger partial charge in [-0.15, -0.1) is 0 Å². The molecule has 1 saturated heterocycles. The number of para-hydroxylation sites is 1. The van der Waals surface area contributed by atoms with Gasteiger partial charge in [0.1, 0.15) is 28.6 Å². The van der Waals surface area contributed by atoms with Gasteiger partial charge in [0.15, 0.2) is 0 Å². The number of likely N-dealkylation sites (N-methyl/N-ethyl adjacent to an activating group) is 1. The first kappa shape index (κ1) is 26.0. The lowest BCUT2D eigenvalue weighted by Crippen LogP contribution is -2.40. The van der Waals surface area contributed by atoms with Crippen LogP contribution < -0.4 is 15.8 Å². The average molecular weight is 503 g/mol. The number of hydrogen-bond acceptors (Lipinski definition) is 6. The molecular formula is C28H34N6O3. The van der Waals surface area contributed by atoms with Crippen molar-refractivity contribution >= 4 is 17.6 Å². The van der Waals surface area contributed by atoms with E-state index in [1.54, 1.807) is 4.90 Å². The third kappa shape index (κ3) is 6.18. The number of primary amides is 1. The molecule has 2 aromatic carbocycles. The first-order valence-corrected chi connectivity index (χ1v) is 12.4. The predicted molar refractivity (Wildman–Crippen MR) is 145 cm³/mol. The van der Waals surface area contributed by atoms with Crippen molar-refractivity contribution in [1.82, 2.24) is 19.6 Å². The third-order valence-electron chi connectivity index (χ3n) is 6.34. The number of nitrogens with two attached hydrogens (primary N) is 1.